The molecule has 2 aliphatic rings. The van der Waals surface area contributed by atoms with Gasteiger partial charge >= 0.3 is 12.5 Å². The molecule has 5 rings (SSSR count). The number of anilines is 1. The van der Waals surface area contributed by atoms with Crippen LogP contribution in [0.2, 0.25) is 0 Å². The van der Waals surface area contributed by atoms with Crippen molar-refractivity contribution in [1.29, 1.82) is 0 Å². The van der Waals surface area contributed by atoms with E-state index in [0.29, 0.717) is 29.9 Å². The van der Waals surface area contributed by atoms with Gasteiger partial charge in [-0.2, -0.15) is 5.10 Å². The second-order valence-electron chi connectivity index (χ2n) is 8.75. The SMILES string of the molecule is CC(=O)NC[C@H]1CN(c2ccc3c(c2)CCCc2c(-c4cccc(OC(F)(F)F)c4)n[nH]c2-3)C(=O)O1. The number of rotatable bonds is 5. The number of benzene rings is 2. The number of ether oxygens (including phenoxy) is 2. The summed E-state index contributed by atoms with van der Waals surface area (Å²) in [6.45, 7) is 1.98. The van der Waals surface area contributed by atoms with E-state index in [9.17, 15) is 22.8 Å². The van der Waals surface area contributed by atoms with Gasteiger partial charge < -0.3 is 14.8 Å². The minimum Gasteiger partial charge on any atom is -0.442 e. The van der Waals surface area contributed by atoms with Crippen LogP contribution in [0.25, 0.3) is 22.5 Å². The summed E-state index contributed by atoms with van der Waals surface area (Å²) < 4.78 is 47.5. The van der Waals surface area contributed by atoms with E-state index < -0.39 is 18.6 Å². The van der Waals surface area contributed by atoms with Crippen LogP contribution in [0.15, 0.2) is 42.5 Å². The molecule has 2 N–H and O–H groups in total. The van der Waals surface area contributed by atoms with Gasteiger partial charge in [0.15, 0.2) is 0 Å². The zero-order chi connectivity index (χ0) is 25.4. The number of nitrogens with one attached hydrogen (secondary N) is 2. The highest BCUT2D eigenvalue weighted by Gasteiger charge is 2.33. The average Bonchev–Trinajstić information content (AvgIpc) is 3.35. The van der Waals surface area contributed by atoms with Crippen molar-refractivity contribution in [2.24, 2.45) is 0 Å². The Morgan fingerprint density at radius 1 is 1.25 bits per heavy atom. The lowest BCUT2D eigenvalue weighted by Crippen LogP contribution is -2.33. The minimum absolute atomic E-state index is 0.191. The maximum Gasteiger partial charge on any atom is 0.573 e. The summed E-state index contributed by atoms with van der Waals surface area (Å²) in [4.78, 5) is 25.1. The van der Waals surface area contributed by atoms with Crippen LogP contribution < -0.4 is 15.0 Å². The highest BCUT2D eigenvalue weighted by molar-refractivity contribution is 5.91. The molecule has 0 unspecified atom stereocenters. The van der Waals surface area contributed by atoms with Crippen molar-refractivity contribution in [3.05, 3.63) is 53.6 Å². The third-order valence-corrected chi connectivity index (χ3v) is 6.20. The fraction of sp³-hybridized carbons (Fsp3) is 0.320. The van der Waals surface area contributed by atoms with Gasteiger partial charge in [-0.3, -0.25) is 14.8 Å². The molecular weight excluding hydrogens is 477 g/mol. The van der Waals surface area contributed by atoms with Crippen LogP contribution in [0, 0.1) is 0 Å². The number of H-pyrrole nitrogens is 1. The number of amides is 2. The van der Waals surface area contributed by atoms with Gasteiger partial charge in [0.1, 0.15) is 11.9 Å². The summed E-state index contributed by atoms with van der Waals surface area (Å²) in [5.41, 5.74) is 5.48. The molecule has 2 heterocycles. The molecule has 0 bridgehead atoms. The van der Waals surface area contributed by atoms with Crippen LogP contribution in [0.3, 0.4) is 0 Å². The molecule has 0 spiro atoms. The molecule has 1 aliphatic carbocycles. The molecule has 0 saturated carbocycles. The summed E-state index contributed by atoms with van der Waals surface area (Å²) in [6.07, 6.45) is -3.45. The second-order valence-corrected chi connectivity index (χ2v) is 8.75. The molecule has 1 aliphatic heterocycles. The van der Waals surface area contributed by atoms with Crippen molar-refractivity contribution in [3.8, 4) is 28.3 Å². The van der Waals surface area contributed by atoms with Gasteiger partial charge in [-0.15, -0.1) is 13.2 Å². The average molecular weight is 500 g/mol. The van der Waals surface area contributed by atoms with Crippen LogP contribution in [0.1, 0.15) is 24.5 Å². The van der Waals surface area contributed by atoms with E-state index in [4.69, 9.17) is 4.74 Å². The Kier molecular flexibility index (Phi) is 6.07. The molecule has 36 heavy (non-hydrogen) atoms. The van der Waals surface area contributed by atoms with Crippen molar-refractivity contribution in [2.45, 2.75) is 38.7 Å². The largest absolute Gasteiger partial charge is 0.573 e. The zero-order valence-corrected chi connectivity index (χ0v) is 19.3. The van der Waals surface area contributed by atoms with Crippen molar-refractivity contribution < 1.29 is 32.2 Å². The highest BCUT2D eigenvalue weighted by atomic mass is 19.4. The first kappa shape index (κ1) is 23.7. The van der Waals surface area contributed by atoms with Crippen molar-refractivity contribution in [1.82, 2.24) is 15.5 Å². The maximum absolute atomic E-state index is 12.7. The summed E-state index contributed by atoms with van der Waals surface area (Å²) in [7, 11) is 0. The summed E-state index contributed by atoms with van der Waals surface area (Å²) in [5.74, 6) is -0.492. The number of cyclic esters (lactones) is 1. The summed E-state index contributed by atoms with van der Waals surface area (Å²) in [6, 6.07) is 11.5. The standard InChI is InChI=1S/C25H23F3N4O4/c1-14(33)29-12-19-13-32(24(34)35-19)17-8-9-20-15(10-17)4-3-7-21-22(30-31-23(20)21)16-5-2-6-18(11-16)36-25(26,27)28/h2,5-6,8-11,19H,3-4,7,12-13H2,1H3,(H,29,33)(H,30,31)/t19-/m0/s1. The Bertz CT molecular complexity index is 1320. The minimum atomic E-state index is -4.77. The fourth-order valence-electron chi connectivity index (χ4n) is 4.66. The van der Waals surface area contributed by atoms with Crippen LogP contribution in [0.4, 0.5) is 23.7 Å². The first-order valence-electron chi connectivity index (χ1n) is 11.5. The van der Waals surface area contributed by atoms with E-state index in [1.165, 1.54) is 25.1 Å². The van der Waals surface area contributed by atoms with E-state index in [1.807, 2.05) is 18.2 Å². The molecule has 1 saturated heterocycles. The Labute approximate surface area is 204 Å². The molecule has 1 aromatic heterocycles. The van der Waals surface area contributed by atoms with Crippen molar-refractivity contribution >= 4 is 17.7 Å². The first-order valence-corrected chi connectivity index (χ1v) is 11.5. The Morgan fingerprint density at radius 2 is 2.08 bits per heavy atom. The van der Waals surface area contributed by atoms with Crippen LogP contribution in [-0.4, -0.2) is 47.8 Å². The lowest BCUT2D eigenvalue weighted by molar-refractivity contribution is -0.274. The Morgan fingerprint density at radius 3 is 2.86 bits per heavy atom. The molecule has 2 aromatic carbocycles. The molecule has 2 amide bonds. The quantitative estimate of drug-likeness (QED) is 0.534. The maximum atomic E-state index is 12.7. The Hall–Kier alpha value is -4.02. The van der Waals surface area contributed by atoms with Gasteiger partial charge in [0.25, 0.3) is 0 Å². The molecule has 1 fully saturated rings. The molecule has 1 atom stereocenters. The Balaban J connectivity index is 1.42. The number of aromatic nitrogens is 2. The number of hydrogen-bond acceptors (Lipinski definition) is 5. The number of alkyl halides is 3. The third-order valence-electron chi connectivity index (χ3n) is 6.20. The summed E-state index contributed by atoms with van der Waals surface area (Å²) in [5, 5.41) is 10.1. The lowest BCUT2D eigenvalue weighted by atomic mass is 9.99. The van der Waals surface area contributed by atoms with E-state index in [2.05, 4.69) is 20.3 Å². The smallest absolute Gasteiger partial charge is 0.442 e. The number of carbonyl (C=O) groups excluding carboxylic acids is 2. The number of hydrogen-bond donors (Lipinski definition) is 2. The van der Waals surface area contributed by atoms with Crippen LogP contribution >= 0.6 is 0 Å². The number of halogens is 3. The highest BCUT2D eigenvalue weighted by Crippen LogP contribution is 2.39. The van der Waals surface area contributed by atoms with Gasteiger partial charge in [0.2, 0.25) is 5.91 Å². The third kappa shape index (κ3) is 4.86. The number of aromatic amines is 1. The first-order chi connectivity index (χ1) is 17.2. The zero-order valence-electron chi connectivity index (χ0n) is 19.3. The van der Waals surface area contributed by atoms with E-state index in [-0.39, 0.29) is 18.2 Å². The summed E-state index contributed by atoms with van der Waals surface area (Å²) >= 11 is 0. The van der Waals surface area contributed by atoms with Gasteiger partial charge in [0, 0.05) is 29.3 Å². The topological polar surface area (TPSA) is 96.5 Å². The van der Waals surface area contributed by atoms with E-state index >= 15 is 0 Å². The molecule has 0 radical (unpaired) electrons. The predicted octanol–water partition coefficient (Wildman–Crippen LogP) is 4.59. The number of aryl methyl sites for hydroxylation is 1. The monoisotopic (exact) mass is 500 g/mol. The van der Waals surface area contributed by atoms with Gasteiger partial charge in [-0.05, 0) is 49.1 Å². The normalized spacial score (nSPS) is 17.2. The second kappa shape index (κ2) is 9.21. The number of nitrogens with zero attached hydrogens (tertiary/aromatic N) is 2. The number of fused-ring (bicyclic) bond motifs is 3. The van der Waals surface area contributed by atoms with Gasteiger partial charge in [-0.25, -0.2) is 4.79 Å². The van der Waals surface area contributed by atoms with Crippen LogP contribution in [-0.2, 0) is 22.4 Å². The van der Waals surface area contributed by atoms with Gasteiger partial charge in [-0.1, -0.05) is 18.2 Å². The van der Waals surface area contributed by atoms with Crippen LogP contribution in [0.5, 0.6) is 5.75 Å². The van der Waals surface area contributed by atoms with Crippen molar-refractivity contribution in [3.63, 3.8) is 0 Å². The van der Waals surface area contributed by atoms with E-state index in [0.717, 1.165) is 35.2 Å². The molecule has 8 nitrogen and oxygen atoms in total. The van der Waals surface area contributed by atoms with Gasteiger partial charge in [0.05, 0.1) is 24.5 Å². The van der Waals surface area contributed by atoms with Crippen molar-refractivity contribution in [2.75, 3.05) is 18.0 Å². The lowest BCUT2D eigenvalue weighted by Gasteiger charge is -2.16. The molecule has 188 valence electrons. The molecular formula is C25H23F3N4O4. The molecule has 3 aromatic rings. The molecule has 11 heteroatoms. The predicted molar refractivity (Wildman–Crippen MR) is 124 cm³/mol. The van der Waals surface area contributed by atoms with E-state index in [1.54, 1.807) is 11.0 Å². The number of carbonyl (C=O) groups is 2. The fourth-order valence-corrected chi connectivity index (χ4v) is 4.66.